The van der Waals surface area contributed by atoms with E-state index in [2.05, 4.69) is 13.9 Å². The smallest absolute Gasteiger partial charge is 0.308 e. The fraction of sp³-hybridized carbons (Fsp3) is 1.00. The minimum Gasteiger partial charge on any atom is -0.308 e. The maximum absolute atomic E-state index is 11.4. The van der Waals surface area contributed by atoms with Crippen molar-refractivity contribution >= 4 is 16.8 Å². The van der Waals surface area contributed by atoms with Crippen LogP contribution in [0.4, 0.5) is 0 Å². The Morgan fingerprint density at radius 1 is 1.25 bits per heavy atom. The first-order chi connectivity index (χ1) is 5.40. The molecule has 4 nitrogen and oxygen atoms in total. The summed E-state index contributed by atoms with van der Waals surface area (Å²) in [5, 5.41) is 0. The highest BCUT2D eigenvalue weighted by Gasteiger charge is 2.32. The molecule has 1 rings (SSSR count). The molecule has 12 heavy (non-hydrogen) atoms. The van der Waals surface area contributed by atoms with Crippen molar-refractivity contribution in [3.05, 3.63) is 0 Å². The third-order valence-electron chi connectivity index (χ3n) is 1.94. The van der Waals surface area contributed by atoms with Gasteiger partial charge in [-0.25, -0.2) is 0 Å². The number of nitrogens with zero attached hydrogens (tertiary/aromatic N) is 3. The first kappa shape index (κ1) is 10.0. The summed E-state index contributed by atoms with van der Waals surface area (Å²) in [4.78, 5) is 4.21. The van der Waals surface area contributed by atoms with Crippen molar-refractivity contribution in [2.45, 2.75) is 0 Å². The summed E-state index contributed by atoms with van der Waals surface area (Å²) in [5.41, 5.74) is 0. The SMILES string of the molecule is CN1CCN(C)B1N=S(C)(C)=O. The Kier molecular flexibility index (Phi) is 2.80. The Morgan fingerprint density at radius 3 is 2.00 bits per heavy atom. The normalized spacial score (nSPS) is 21.8. The molecule has 0 amide bonds. The first-order valence-electron chi connectivity index (χ1n) is 3.97. The predicted octanol–water partition coefficient (Wildman–Crippen LogP) is -0.424. The van der Waals surface area contributed by atoms with Gasteiger partial charge in [-0.3, -0.25) is 8.48 Å². The zero-order valence-corrected chi connectivity index (χ0v) is 8.97. The standard InChI is InChI=1S/C6H16BN3OS/c1-9-5-6-10(2)7(9)8-12(3,4)11/h5-6H2,1-4H3. The maximum atomic E-state index is 11.4. The average Bonchev–Trinajstić information content (AvgIpc) is 2.16. The highest BCUT2D eigenvalue weighted by molar-refractivity contribution is 7.92. The van der Waals surface area contributed by atoms with Gasteiger partial charge >= 0.3 is 7.12 Å². The summed E-state index contributed by atoms with van der Waals surface area (Å²) in [6, 6.07) is 0. The van der Waals surface area contributed by atoms with Crippen LogP contribution in [0.25, 0.3) is 0 Å². The molecule has 1 saturated heterocycles. The molecule has 1 aliphatic rings. The van der Waals surface area contributed by atoms with Crippen molar-refractivity contribution < 1.29 is 4.21 Å². The van der Waals surface area contributed by atoms with Crippen molar-refractivity contribution in [3.63, 3.8) is 0 Å². The van der Waals surface area contributed by atoms with E-state index >= 15 is 0 Å². The summed E-state index contributed by atoms with van der Waals surface area (Å²) in [5.74, 6) is 0. The van der Waals surface area contributed by atoms with E-state index in [1.807, 2.05) is 14.1 Å². The Hall–Kier alpha value is -0.0651. The molecule has 1 aliphatic heterocycles. The van der Waals surface area contributed by atoms with Gasteiger partial charge in [-0.1, -0.05) is 0 Å². The van der Waals surface area contributed by atoms with E-state index in [0.717, 1.165) is 13.1 Å². The molecule has 0 aliphatic carbocycles. The van der Waals surface area contributed by atoms with Gasteiger partial charge in [-0.15, -0.1) is 0 Å². The summed E-state index contributed by atoms with van der Waals surface area (Å²) in [6.45, 7) is 2.00. The van der Waals surface area contributed by atoms with Crippen molar-refractivity contribution in [2.75, 3.05) is 39.7 Å². The predicted molar refractivity (Wildman–Crippen MR) is 53.4 cm³/mol. The number of hydrogen-bond acceptors (Lipinski definition) is 4. The highest BCUT2D eigenvalue weighted by atomic mass is 32.2. The molecular weight excluding hydrogens is 173 g/mol. The molecule has 6 heteroatoms. The fourth-order valence-electron chi connectivity index (χ4n) is 1.27. The molecule has 0 unspecified atom stereocenters. The van der Waals surface area contributed by atoms with Gasteiger partial charge in [0, 0.05) is 35.3 Å². The van der Waals surface area contributed by atoms with E-state index in [1.165, 1.54) is 0 Å². The van der Waals surface area contributed by atoms with Crippen LogP contribution < -0.4 is 0 Å². The van der Waals surface area contributed by atoms with Gasteiger partial charge in [0.05, 0.1) is 0 Å². The first-order valence-corrected chi connectivity index (χ1v) is 6.30. The van der Waals surface area contributed by atoms with Gasteiger partial charge in [-0.05, 0) is 14.1 Å². The zero-order valence-electron chi connectivity index (χ0n) is 8.15. The maximum Gasteiger partial charge on any atom is 0.463 e. The summed E-state index contributed by atoms with van der Waals surface area (Å²) >= 11 is 0. The lowest BCUT2D eigenvalue weighted by Gasteiger charge is -2.15. The van der Waals surface area contributed by atoms with Gasteiger partial charge < -0.3 is 9.62 Å². The van der Waals surface area contributed by atoms with Crippen LogP contribution >= 0.6 is 0 Å². The lowest BCUT2D eigenvalue weighted by Crippen LogP contribution is -2.39. The van der Waals surface area contributed by atoms with E-state index in [0.29, 0.717) is 0 Å². The fourth-order valence-corrected chi connectivity index (χ4v) is 2.05. The van der Waals surface area contributed by atoms with E-state index in [9.17, 15) is 4.21 Å². The number of likely N-dealkylation sites (N-methyl/N-ethyl adjacent to an activating group) is 2. The van der Waals surface area contributed by atoms with Gasteiger partial charge in [0.25, 0.3) is 0 Å². The van der Waals surface area contributed by atoms with Crippen LogP contribution in [0.15, 0.2) is 4.27 Å². The Labute approximate surface area is 75.2 Å². The van der Waals surface area contributed by atoms with E-state index in [-0.39, 0.29) is 7.12 Å². The second-order valence-electron chi connectivity index (χ2n) is 3.59. The lowest BCUT2D eigenvalue weighted by molar-refractivity contribution is 0.553. The number of rotatable bonds is 1. The van der Waals surface area contributed by atoms with Crippen LogP contribution in [0.1, 0.15) is 0 Å². The molecule has 0 aromatic heterocycles. The summed E-state index contributed by atoms with van der Waals surface area (Å²) in [6.07, 6.45) is 3.35. The molecule has 0 radical (unpaired) electrons. The molecule has 0 spiro atoms. The van der Waals surface area contributed by atoms with Crippen LogP contribution in [0, 0.1) is 0 Å². The van der Waals surface area contributed by atoms with Crippen molar-refractivity contribution in [1.29, 1.82) is 0 Å². The van der Waals surface area contributed by atoms with Gasteiger partial charge in [0.15, 0.2) is 0 Å². The monoisotopic (exact) mass is 189 g/mol. The molecule has 0 atom stereocenters. The molecule has 0 N–H and O–H groups in total. The highest BCUT2D eigenvalue weighted by Crippen LogP contribution is 2.07. The average molecular weight is 189 g/mol. The van der Waals surface area contributed by atoms with Crippen molar-refractivity contribution in [2.24, 2.45) is 4.27 Å². The molecular formula is C6H16BN3OS. The van der Waals surface area contributed by atoms with Crippen LogP contribution in [0.2, 0.25) is 0 Å². The topological polar surface area (TPSA) is 35.9 Å². The molecule has 0 saturated carbocycles. The third-order valence-corrected chi connectivity index (χ3v) is 2.64. The van der Waals surface area contributed by atoms with Crippen LogP contribution in [0.5, 0.6) is 0 Å². The minimum atomic E-state index is -1.98. The Morgan fingerprint density at radius 2 is 1.67 bits per heavy atom. The molecule has 1 heterocycles. The summed E-state index contributed by atoms with van der Waals surface area (Å²) < 4.78 is 15.7. The van der Waals surface area contributed by atoms with Crippen LogP contribution in [0.3, 0.4) is 0 Å². The lowest BCUT2D eigenvalue weighted by atomic mass is 9.95. The molecule has 0 aromatic carbocycles. The van der Waals surface area contributed by atoms with Gasteiger partial charge in [-0.2, -0.15) is 0 Å². The largest absolute Gasteiger partial charge is 0.463 e. The molecule has 70 valence electrons. The zero-order chi connectivity index (χ0) is 9.35. The molecule has 0 aromatic rings. The number of hydrogen-bond donors (Lipinski definition) is 0. The third kappa shape index (κ3) is 2.47. The summed E-state index contributed by atoms with van der Waals surface area (Å²) in [7, 11) is 2.03. The van der Waals surface area contributed by atoms with E-state index < -0.39 is 9.73 Å². The molecule has 1 fully saturated rings. The van der Waals surface area contributed by atoms with Gasteiger partial charge in [0.2, 0.25) is 0 Å². The molecule has 0 bridgehead atoms. The minimum absolute atomic E-state index is 0.00694. The van der Waals surface area contributed by atoms with E-state index in [1.54, 1.807) is 12.5 Å². The van der Waals surface area contributed by atoms with Crippen molar-refractivity contribution in [3.8, 4) is 0 Å². The van der Waals surface area contributed by atoms with Gasteiger partial charge in [0.1, 0.15) is 0 Å². The Balaban J connectivity index is 2.82. The van der Waals surface area contributed by atoms with E-state index in [4.69, 9.17) is 0 Å². The quantitative estimate of drug-likeness (QED) is 0.525. The second-order valence-corrected chi connectivity index (χ2v) is 6.17. The van der Waals surface area contributed by atoms with Crippen LogP contribution in [-0.4, -0.2) is 60.6 Å². The second kappa shape index (κ2) is 3.36. The van der Waals surface area contributed by atoms with Crippen LogP contribution in [-0.2, 0) is 9.73 Å². The Bertz CT molecular complexity index is 256. The van der Waals surface area contributed by atoms with Crippen molar-refractivity contribution in [1.82, 2.24) is 9.62 Å².